The molecule has 0 radical (unpaired) electrons. The van der Waals surface area contributed by atoms with E-state index in [1.54, 1.807) is 40.2 Å². The first-order valence-electron chi connectivity index (χ1n) is 10.1. The molecule has 1 saturated heterocycles. The van der Waals surface area contributed by atoms with Gasteiger partial charge in [0.2, 0.25) is 0 Å². The number of rotatable bonds is 5. The fourth-order valence-electron chi connectivity index (χ4n) is 3.65. The van der Waals surface area contributed by atoms with Gasteiger partial charge in [-0.15, -0.1) is 0 Å². The van der Waals surface area contributed by atoms with Crippen LogP contribution < -0.4 is 0 Å². The van der Waals surface area contributed by atoms with Crippen molar-refractivity contribution in [2.75, 3.05) is 40.3 Å². The summed E-state index contributed by atoms with van der Waals surface area (Å²) in [5, 5.41) is 5.09. The van der Waals surface area contributed by atoms with Gasteiger partial charge >= 0.3 is 0 Å². The molecule has 0 spiro atoms. The molecule has 11 heteroatoms. The Morgan fingerprint density at radius 3 is 2.48 bits per heavy atom. The van der Waals surface area contributed by atoms with Gasteiger partial charge in [-0.3, -0.25) is 4.79 Å². The standard InChI is InChI=1S/C20H26N6O4S/c1-14(2)26-19-16(13-21-26)15(12-17(22-19)18-6-5-11-30-18)20(27)24-7-9-25(10-8-24)31(28,29)23(3)4/h5-6,11-14H,7-10H2,1-4H3. The van der Waals surface area contributed by atoms with Crippen molar-refractivity contribution in [3.8, 4) is 11.5 Å². The molecule has 1 aliphatic heterocycles. The molecule has 0 unspecified atom stereocenters. The second-order valence-corrected chi connectivity index (χ2v) is 10.1. The minimum Gasteiger partial charge on any atom is -0.463 e. The Hall–Kier alpha value is -2.76. The molecule has 0 bridgehead atoms. The molecule has 1 amide bonds. The number of hydrogen-bond acceptors (Lipinski definition) is 6. The van der Waals surface area contributed by atoms with E-state index in [0.717, 1.165) is 0 Å². The summed E-state index contributed by atoms with van der Waals surface area (Å²) in [6, 6.07) is 5.36. The lowest BCUT2D eigenvalue weighted by Gasteiger charge is -2.35. The predicted molar refractivity (Wildman–Crippen MR) is 116 cm³/mol. The number of piperazine rings is 1. The molecule has 31 heavy (non-hydrogen) atoms. The van der Waals surface area contributed by atoms with Gasteiger partial charge in [0.1, 0.15) is 5.69 Å². The second-order valence-electron chi connectivity index (χ2n) is 7.93. The first kappa shape index (κ1) is 21.5. The summed E-state index contributed by atoms with van der Waals surface area (Å²) in [6.45, 7) is 5.11. The molecule has 0 saturated carbocycles. The molecule has 0 aliphatic carbocycles. The van der Waals surface area contributed by atoms with Crippen LogP contribution in [0.1, 0.15) is 30.2 Å². The van der Waals surface area contributed by atoms with E-state index in [1.807, 2.05) is 13.8 Å². The van der Waals surface area contributed by atoms with E-state index in [-0.39, 0.29) is 25.0 Å². The Morgan fingerprint density at radius 1 is 1.19 bits per heavy atom. The van der Waals surface area contributed by atoms with E-state index in [9.17, 15) is 13.2 Å². The first-order valence-corrected chi connectivity index (χ1v) is 11.5. The van der Waals surface area contributed by atoms with E-state index < -0.39 is 10.2 Å². The van der Waals surface area contributed by atoms with Gasteiger partial charge in [-0.25, -0.2) is 9.67 Å². The molecule has 10 nitrogen and oxygen atoms in total. The van der Waals surface area contributed by atoms with Gasteiger partial charge in [0, 0.05) is 46.3 Å². The van der Waals surface area contributed by atoms with Crippen LogP contribution in [-0.2, 0) is 10.2 Å². The zero-order valence-corrected chi connectivity index (χ0v) is 18.8. The third-order valence-electron chi connectivity index (χ3n) is 5.37. The van der Waals surface area contributed by atoms with Crippen molar-refractivity contribution in [1.82, 2.24) is 28.3 Å². The Kier molecular flexibility index (Phi) is 5.58. The molecule has 166 valence electrons. The average Bonchev–Trinajstić information content (AvgIpc) is 3.42. The van der Waals surface area contributed by atoms with E-state index in [4.69, 9.17) is 9.40 Å². The summed E-state index contributed by atoms with van der Waals surface area (Å²) in [7, 11) is -0.492. The SMILES string of the molecule is CC(C)n1ncc2c(C(=O)N3CCN(S(=O)(=O)N(C)C)CC3)cc(-c3ccco3)nc21. The number of carbonyl (C=O) groups excluding carboxylic acids is 1. The monoisotopic (exact) mass is 446 g/mol. The number of fused-ring (bicyclic) bond motifs is 1. The molecule has 0 N–H and O–H groups in total. The molecule has 1 aliphatic rings. The molecule has 3 aromatic rings. The van der Waals surface area contributed by atoms with Gasteiger partial charge in [0.25, 0.3) is 16.1 Å². The lowest BCUT2D eigenvalue weighted by molar-refractivity contribution is 0.0697. The largest absolute Gasteiger partial charge is 0.463 e. The summed E-state index contributed by atoms with van der Waals surface area (Å²) in [5.74, 6) is 0.389. The number of aromatic nitrogens is 3. The number of carbonyl (C=O) groups is 1. The van der Waals surface area contributed by atoms with Gasteiger partial charge in [-0.1, -0.05) is 0 Å². The molecule has 0 aromatic carbocycles. The fourth-order valence-corrected chi connectivity index (χ4v) is 4.73. The van der Waals surface area contributed by atoms with Crippen LogP contribution in [0.15, 0.2) is 35.1 Å². The minimum atomic E-state index is -3.50. The van der Waals surface area contributed by atoms with Crippen molar-refractivity contribution in [2.24, 2.45) is 0 Å². The van der Waals surface area contributed by atoms with Crippen LogP contribution in [0.25, 0.3) is 22.5 Å². The zero-order chi connectivity index (χ0) is 22.3. The number of furan rings is 1. The van der Waals surface area contributed by atoms with E-state index in [0.29, 0.717) is 41.1 Å². The van der Waals surface area contributed by atoms with Crippen molar-refractivity contribution >= 4 is 27.1 Å². The van der Waals surface area contributed by atoms with Crippen LogP contribution in [0.3, 0.4) is 0 Å². The maximum atomic E-state index is 13.5. The highest BCUT2D eigenvalue weighted by Crippen LogP contribution is 2.28. The summed E-state index contributed by atoms with van der Waals surface area (Å²) in [4.78, 5) is 19.8. The Morgan fingerprint density at radius 2 is 1.90 bits per heavy atom. The lowest BCUT2D eigenvalue weighted by atomic mass is 10.1. The fraction of sp³-hybridized carbons (Fsp3) is 0.450. The van der Waals surface area contributed by atoms with Crippen molar-refractivity contribution in [1.29, 1.82) is 0 Å². The number of hydrogen-bond donors (Lipinski definition) is 0. The maximum Gasteiger partial charge on any atom is 0.281 e. The van der Waals surface area contributed by atoms with E-state index in [1.165, 1.54) is 22.7 Å². The molecular formula is C20H26N6O4S. The third-order valence-corrected chi connectivity index (χ3v) is 7.31. The van der Waals surface area contributed by atoms with Crippen LogP contribution in [0.4, 0.5) is 0 Å². The van der Waals surface area contributed by atoms with Crippen molar-refractivity contribution in [2.45, 2.75) is 19.9 Å². The molecule has 1 fully saturated rings. The average molecular weight is 447 g/mol. The zero-order valence-electron chi connectivity index (χ0n) is 18.0. The van der Waals surface area contributed by atoms with Gasteiger partial charge in [-0.2, -0.15) is 22.1 Å². The summed E-state index contributed by atoms with van der Waals surface area (Å²) in [5.41, 5.74) is 1.64. The topological polar surface area (TPSA) is 105 Å². The smallest absolute Gasteiger partial charge is 0.281 e. The predicted octanol–water partition coefficient (Wildman–Crippen LogP) is 1.84. The number of amides is 1. The summed E-state index contributed by atoms with van der Waals surface area (Å²) >= 11 is 0. The maximum absolute atomic E-state index is 13.5. The van der Waals surface area contributed by atoms with Crippen molar-refractivity contribution < 1.29 is 17.6 Å². The summed E-state index contributed by atoms with van der Waals surface area (Å²) in [6.07, 6.45) is 3.22. The van der Waals surface area contributed by atoms with Crippen LogP contribution in [0.5, 0.6) is 0 Å². The molecule has 4 heterocycles. The third kappa shape index (κ3) is 3.84. The Bertz CT molecular complexity index is 1190. The Balaban J connectivity index is 1.68. The highest BCUT2D eigenvalue weighted by atomic mass is 32.2. The quantitative estimate of drug-likeness (QED) is 0.592. The van der Waals surface area contributed by atoms with Gasteiger partial charge in [0.05, 0.1) is 23.4 Å². The first-order chi connectivity index (χ1) is 14.7. The van der Waals surface area contributed by atoms with Gasteiger partial charge < -0.3 is 9.32 Å². The highest BCUT2D eigenvalue weighted by Gasteiger charge is 2.31. The van der Waals surface area contributed by atoms with Gasteiger partial charge in [0.15, 0.2) is 11.4 Å². The minimum absolute atomic E-state index is 0.0691. The van der Waals surface area contributed by atoms with Crippen molar-refractivity contribution in [3.63, 3.8) is 0 Å². The van der Waals surface area contributed by atoms with Crippen LogP contribution in [0, 0.1) is 0 Å². The Labute approximate surface area is 181 Å². The van der Waals surface area contributed by atoms with Gasteiger partial charge in [-0.05, 0) is 32.0 Å². The van der Waals surface area contributed by atoms with Crippen LogP contribution in [-0.4, -0.2) is 82.9 Å². The van der Waals surface area contributed by atoms with Crippen LogP contribution in [0.2, 0.25) is 0 Å². The van der Waals surface area contributed by atoms with Crippen molar-refractivity contribution in [3.05, 3.63) is 36.2 Å². The molecular weight excluding hydrogens is 420 g/mol. The number of nitrogens with zero attached hydrogens (tertiary/aromatic N) is 6. The lowest BCUT2D eigenvalue weighted by Crippen LogP contribution is -2.53. The van der Waals surface area contributed by atoms with E-state index in [2.05, 4.69) is 5.10 Å². The molecule has 3 aromatic heterocycles. The molecule has 0 atom stereocenters. The van der Waals surface area contributed by atoms with E-state index >= 15 is 0 Å². The second kappa shape index (κ2) is 8.06. The van der Waals surface area contributed by atoms with Crippen LogP contribution >= 0.6 is 0 Å². The number of pyridine rings is 1. The molecule has 4 rings (SSSR count). The summed E-state index contributed by atoms with van der Waals surface area (Å²) < 4.78 is 34.6. The highest BCUT2D eigenvalue weighted by molar-refractivity contribution is 7.86. The normalized spacial score (nSPS) is 16.0.